The molecule has 27 heavy (non-hydrogen) atoms. The highest BCUT2D eigenvalue weighted by atomic mass is 32.2. The van der Waals surface area contributed by atoms with Crippen molar-refractivity contribution in [2.75, 3.05) is 33.1 Å². The number of benzene rings is 1. The van der Waals surface area contributed by atoms with Crippen LogP contribution < -0.4 is 14.2 Å². The molecule has 0 bridgehead atoms. The zero-order chi connectivity index (χ0) is 18.9. The molecule has 0 aromatic heterocycles. The Kier molecular flexibility index (Phi) is 5.33. The van der Waals surface area contributed by atoms with Crippen LogP contribution in [0.15, 0.2) is 18.2 Å². The molecule has 1 aromatic rings. The van der Waals surface area contributed by atoms with E-state index >= 15 is 0 Å². The van der Waals surface area contributed by atoms with E-state index in [2.05, 4.69) is 4.72 Å². The second-order valence-electron chi connectivity index (χ2n) is 7.74. The number of hydrogen-bond acceptors (Lipinski definition) is 5. The van der Waals surface area contributed by atoms with Crippen molar-refractivity contribution in [2.24, 2.45) is 0 Å². The van der Waals surface area contributed by atoms with Gasteiger partial charge in [0, 0.05) is 37.8 Å². The van der Waals surface area contributed by atoms with Gasteiger partial charge in [-0.2, -0.15) is 12.7 Å². The van der Waals surface area contributed by atoms with Gasteiger partial charge in [-0.25, -0.2) is 4.72 Å². The van der Waals surface area contributed by atoms with Crippen LogP contribution in [0.1, 0.15) is 44.6 Å². The maximum Gasteiger partial charge on any atom is 0.279 e. The van der Waals surface area contributed by atoms with Gasteiger partial charge in [-0.1, -0.05) is 12.5 Å². The van der Waals surface area contributed by atoms with Crippen LogP contribution in [0.25, 0.3) is 0 Å². The summed E-state index contributed by atoms with van der Waals surface area (Å²) in [5.41, 5.74) is 0.773. The molecule has 3 aliphatic heterocycles. The van der Waals surface area contributed by atoms with Crippen LogP contribution in [0.4, 0.5) is 0 Å². The Balaban J connectivity index is 1.56. The normalized spacial score (nSPS) is 25.4. The van der Waals surface area contributed by atoms with E-state index < -0.39 is 10.2 Å². The average Bonchev–Trinajstić information content (AvgIpc) is 3.15. The first kappa shape index (κ1) is 19.0. The van der Waals surface area contributed by atoms with Crippen LogP contribution >= 0.6 is 0 Å². The highest BCUT2D eigenvalue weighted by molar-refractivity contribution is 7.87. The summed E-state index contributed by atoms with van der Waals surface area (Å²) in [6, 6.07) is 5.98. The van der Waals surface area contributed by atoms with Crippen molar-refractivity contribution in [2.45, 2.75) is 50.5 Å². The molecule has 4 rings (SSSR count). The van der Waals surface area contributed by atoms with Gasteiger partial charge < -0.3 is 14.2 Å². The lowest BCUT2D eigenvalue weighted by Gasteiger charge is -2.39. The summed E-state index contributed by atoms with van der Waals surface area (Å²) in [5.74, 6) is 1.47. The van der Waals surface area contributed by atoms with Gasteiger partial charge in [0.1, 0.15) is 0 Å². The Bertz CT molecular complexity index is 776. The first-order valence-electron chi connectivity index (χ1n) is 9.75. The molecule has 1 aromatic carbocycles. The molecule has 0 amide bonds. The van der Waals surface area contributed by atoms with Crippen molar-refractivity contribution < 1.29 is 22.6 Å². The van der Waals surface area contributed by atoms with Crippen LogP contribution in [-0.2, 0) is 20.4 Å². The molecule has 150 valence electrons. The second kappa shape index (κ2) is 7.58. The SMILES string of the molecule is CC1CCCCN1S(=O)(=O)NCC1(c2ccc3c(c2)OCO3)CCOCC1. The van der Waals surface area contributed by atoms with E-state index in [1.54, 1.807) is 4.31 Å². The third-order valence-electron chi connectivity index (χ3n) is 6.08. The maximum absolute atomic E-state index is 12.9. The largest absolute Gasteiger partial charge is 0.454 e. The van der Waals surface area contributed by atoms with Crippen molar-refractivity contribution in [3.63, 3.8) is 0 Å². The van der Waals surface area contributed by atoms with Gasteiger partial charge in [-0.05, 0) is 50.3 Å². The molecule has 0 spiro atoms. The molecule has 1 N–H and O–H groups in total. The van der Waals surface area contributed by atoms with E-state index in [9.17, 15) is 8.42 Å². The summed E-state index contributed by atoms with van der Waals surface area (Å²) in [5, 5.41) is 0. The molecule has 0 saturated carbocycles. The molecule has 0 aliphatic carbocycles. The van der Waals surface area contributed by atoms with Gasteiger partial charge in [-0.15, -0.1) is 0 Å². The lowest BCUT2D eigenvalue weighted by atomic mass is 9.74. The van der Waals surface area contributed by atoms with E-state index in [-0.39, 0.29) is 18.2 Å². The molecule has 7 nitrogen and oxygen atoms in total. The van der Waals surface area contributed by atoms with Gasteiger partial charge >= 0.3 is 0 Å². The zero-order valence-corrected chi connectivity index (χ0v) is 16.6. The molecular formula is C19H28N2O5S. The predicted molar refractivity (Wildman–Crippen MR) is 101 cm³/mol. The average molecular weight is 397 g/mol. The number of ether oxygens (including phenoxy) is 3. The highest BCUT2D eigenvalue weighted by Gasteiger charge is 2.38. The van der Waals surface area contributed by atoms with Gasteiger partial charge in [0.15, 0.2) is 11.5 Å². The van der Waals surface area contributed by atoms with E-state index in [4.69, 9.17) is 14.2 Å². The smallest absolute Gasteiger partial charge is 0.279 e. The third-order valence-corrected chi connectivity index (χ3v) is 7.75. The van der Waals surface area contributed by atoms with Crippen LogP contribution in [0.3, 0.4) is 0 Å². The molecule has 1 atom stereocenters. The fraction of sp³-hybridized carbons (Fsp3) is 0.684. The topological polar surface area (TPSA) is 77.1 Å². The predicted octanol–water partition coefficient (Wildman–Crippen LogP) is 2.17. The van der Waals surface area contributed by atoms with Gasteiger partial charge in [0.05, 0.1) is 0 Å². The highest BCUT2D eigenvalue weighted by Crippen LogP contribution is 2.40. The monoisotopic (exact) mass is 396 g/mol. The Morgan fingerprint density at radius 2 is 1.96 bits per heavy atom. The number of fused-ring (bicyclic) bond motifs is 1. The molecular weight excluding hydrogens is 368 g/mol. The zero-order valence-electron chi connectivity index (χ0n) is 15.8. The molecule has 1 unspecified atom stereocenters. The number of nitrogens with zero attached hydrogens (tertiary/aromatic N) is 1. The number of rotatable bonds is 5. The van der Waals surface area contributed by atoms with E-state index in [0.29, 0.717) is 26.3 Å². The van der Waals surface area contributed by atoms with Crippen molar-refractivity contribution in [1.82, 2.24) is 9.03 Å². The molecule has 0 radical (unpaired) electrons. The van der Waals surface area contributed by atoms with E-state index in [1.807, 2.05) is 25.1 Å². The Morgan fingerprint density at radius 3 is 2.74 bits per heavy atom. The summed E-state index contributed by atoms with van der Waals surface area (Å²) in [6.45, 7) is 4.42. The fourth-order valence-electron chi connectivity index (χ4n) is 4.30. The minimum atomic E-state index is -3.50. The van der Waals surface area contributed by atoms with Crippen LogP contribution in [0.2, 0.25) is 0 Å². The standard InChI is InChI=1S/C19H28N2O5S/c1-15-4-2-3-9-21(15)27(22,23)20-13-19(7-10-24-11-8-19)16-5-6-17-18(12-16)26-14-25-17/h5-6,12,15,20H,2-4,7-11,13-14H2,1H3. The minimum absolute atomic E-state index is 0.0485. The minimum Gasteiger partial charge on any atom is -0.454 e. The summed E-state index contributed by atoms with van der Waals surface area (Å²) in [6.07, 6.45) is 4.47. The van der Waals surface area contributed by atoms with Crippen LogP contribution in [-0.4, -0.2) is 51.9 Å². The molecule has 2 saturated heterocycles. The second-order valence-corrected chi connectivity index (χ2v) is 9.45. The third kappa shape index (κ3) is 3.81. The molecule has 3 aliphatic rings. The van der Waals surface area contributed by atoms with Crippen molar-refractivity contribution in [3.05, 3.63) is 23.8 Å². The number of piperidine rings is 1. The van der Waals surface area contributed by atoms with Gasteiger partial charge in [0.25, 0.3) is 10.2 Å². The fourth-order valence-corrected chi connectivity index (χ4v) is 5.87. The summed E-state index contributed by atoms with van der Waals surface area (Å²) >= 11 is 0. The first-order valence-corrected chi connectivity index (χ1v) is 11.2. The van der Waals surface area contributed by atoms with Crippen LogP contribution in [0.5, 0.6) is 11.5 Å². The molecule has 3 heterocycles. The Hall–Kier alpha value is -1.35. The summed E-state index contributed by atoms with van der Waals surface area (Å²) < 4.78 is 46.9. The van der Waals surface area contributed by atoms with Crippen molar-refractivity contribution >= 4 is 10.2 Å². The molecule has 2 fully saturated rings. The quantitative estimate of drug-likeness (QED) is 0.825. The van der Waals surface area contributed by atoms with Gasteiger partial charge in [-0.3, -0.25) is 0 Å². The summed E-state index contributed by atoms with van der Waals surface area (Å²) in [7, 11) is -3.50. The Labute approximate surface area is 161 Å². The van der Waals surface area contributed by atoms with Crippen LogP contribution in [0, 0.1) is 0 Å². The first-order chi connectivity index (χ1) is 13.0. The maximum atomic E-state index is 12.9. The lowest BCUT2D eigenvalue weighted by molar-refractivity contribution is 0.0514. The number of hydrogen-bond donors (Lipinski definition) is 1. The van der Waals surface area contributed by atoms with E-state index in [1.165, 1.54) is 0 Å². The lowest BCUT2D eigenvalue weighted by Crippen LogP contribution is -2.52. The van der Waals surface area contributed by atoms with E-state index in [0.717, 1.165) is 49.2 Å². The van der Waals surface area contributed by atoms with Crippen molar-refractivity contribution in [1.29, 1.82) is 0 Å². The van der Waals surface area contributed by atoms with Gasteiger partial charge in [0.2, 0.25) is 6.79 Å². The number of nitrogens with one attached hydrogen (secondary N) is 1. The Morgan fingerprint density at radius 1 is 1.19 bits per heavy atom. The van der Waals surface area contributed by atoms with Crippen molar-refractivity contribution in [3.8, 4) is 11.5 Å². The summed E-state index contributed by atoms with van der Waals surface area (Å²) in [4.78, 5) is 0. The molecule has 8 heteroatoms.